The summed E-state index contributed by atoms with van der Waals surface area (Å²) in [6.07, 6.45) is 0. The molecule has 0 atom stereocenters. The highest BCUT2D eigenvalue weighted by atomic mass is 16.2. The quantitative estimate of drug-likeness (QED) is 0.521. The maximum Gasteiger partial charge on any atom is 0.311 e. The molecule has 1 N–H and O–H groups in total. The zero-order chi connectivity index (χ0) is 12.1. The molecular weight excluding hydrogens is 194 g/mol. The first-order valence-corrected chi connectivity index (χ1v) is 4.68. The summed E-state index contributed by atoms with van der Waals surface area (Å²) in [6, 6.07) is 1.74. The Labute approximate surface area is 90.0 Å². The summed E-state index contributed by atoms with van der Waals surface area (Å²) < 4.78 is 0. The van der Waals surface area contributed by atoms with Crippen molar-refractivity contribution in [3.8, 4) is 6.07 Å². The Hall–Kier alpha value is -1.57. The van der Waals surface area contributed by atoms with Gasteiger partial charge in [-0.25, -0.2) is 0 Å². The van der Waals surface area contributed by atoms with Crippen molar-refractivity contribution in [2.75, 3.05) is 20.1 Å². The van der Waals surface area contributed by atoms with Gasteiger partial charge in [0.05, 0.1) is 6.07 Å². The lowest BCUT2D eigenvalue weighted by Crippen LogP contribution is -2.44. The van der Waals surface area contributed by atoms with Gasteiger partial charge >= 0.3 is 11.8 Å². The van der Waals surface area contributed by atoms with Crippen LogP contribution in [-0.2, 0) is 9.59 Å². The lowest BCUT2D eigenvalue weighted by atomic mass is 9.96. The van der Waals surface area contributed by atoms with E-state index >= 15 is 0 Å². The molecule has 0 radical (unpaired) electrons. The van der Waals surface area contributed by atoms with Crippen molar-refractivity contribution in [1.29, 1.82) is 5.26 Å². The summed E-state index contributed by atoms with van der Waals surface area (Å²) in [5, 5.41) is 10.4. The first-order valence-electron chi connectivity index (χ1n) is 4.68. The summed E-state index contributed by atoms with van der Waals surface area (Å²) in [7, 11) is 1.57. The van der Waals surface area contributed by atoms with Crippen molar-refractivity contribution in [2.45, 2.75) is 20.8 Å². The van der Waals surface area contributed by atoms with Gasteiger partial charge < -0.3 is 10.2 Å². The first-order chi connectivity index (χ1) is 6.78. The number of likely N-dealkylation sites (N-methyl/N-ethyl adjacent to an activating group) is 1. The Morgan fingerprint density at radius 2 is 1.93 bits per heavy atom. The maximum absolute atomic E-state index is 11.4. The van der Waals surface area contributed by atoms with Crippen molar-refractivity contribution in [2.24, 2.45) is 5.41 Å². The minimum Gasteiger partial charge on any atom is -0.337 e. The second-order valence-electron chi connectivity index (χ2n) is 4.56. The van der Waals surface area contributed by atoms with Crippen molar-refractivity contribution < 1.29 is 9.59 Å². The summed E-state index contributed by atoms with van der Waals surface area (Å²) >= 11 is 0. The third kappa shape index (κ3) is 5.68. The fourth-order valence-electron chi connectivity index (χ4n) is 1.15. The van der Waals surface area contributed by atoms with Gasteiger partial charge in [-0.2, -0.15) is 5.26 Å². The first kappa shape index (κ1) is 13.4. The van der Waals surface area contributed by atoms with E-state index in [0.717, 1.165) is 0 Å². The molecule has 0 aliphatic carbocycles. The second-order valence-corrected chi connectivity index (χ2v) is 4.56. The molecule has 84 valence electrons. The summed E-state index contributed by atoms with van der Waals surface area (Å²) in [5.74, 6) is -1.34. The van der Waals surface area contributed by atoms with E-state index in [2.05, 4.69) is 5.32 Å². The third-order valence-corrected chi connectivity index (χ3v) is 1.58. The fourth-order valence-corrected chi connectivity index (χ4v) is 1.15. The highest BCUT2D eigenvalue weighted by Crippen LogP contribution is 2.13. The molecule has 5 heteroatoms. The molecule has 0 aliphatic heterocycles. The van der Waals surface area contributed by atoms with Crippen LogP contribution in [0.15, 0.2) is 0 Å². The largest absolute Gasteiger partial charge is 0.337 e. The fraction of sp³-hybridized carbons (Fsp3) is 0.700. The predicted molar refractivity (Wildman–Crippen MR) is 55.7 cm³/mol. The second kappa shape index (κ2) is 5.35. The summed E-state index contributed by atoms with van der Waals surface area (Å²) in [4.78, 5) is 24.0. The van der Waals surface area contributed by atoms with Gasteiger partial charge in [-0.05, 0) is 5.41 Å². The van der Waals surface area contributed by atoms with E-state index in [9.17, 15) is 9.59 Å². The van der Waals surface area contributed by atoms with E-state index in [1.54, 1.807) is 13.1 Å². The number of nitriles is 1. The molecule has 0 aromatic rings. The predicted octanol–water partition coefficient (Wildman–Crippen LogP) is 0.131. The van der Waals surface area contributed by atoms with Crippen LogP contribution in [0.25, 0.3) is 0 Å². The van der Waals surface area contributed by atoms with Crippen LogP contribution in [0.1, 0.15) is 20.8 Å². The molecule has 0 aromatic carbocycles. The van der Waals surface area contributed by atoms with Crippen LogP contribution < -0.4 is 5.32 Å². The van der Waals surface area contributed by atoms with E-state index in [1.807, 2.05) is 20.8 Å². The van der Waals surface area contributed by atoms with Crippen molar-refractivity contribution in [1.82, 2.24) is 10.2 Å². The molecule has 0 rings (SSSR count). The molecule has 0 spiro atoms. The average Bonchev–Trinajstić information content (AvgIpc) is 2.10. The normalized spacial score (nSPS) is 10.3. The molecule has 2 amide bonds. The molecule has 0 bridgehead atoms. The third-order valence-electron chi connectivity index (χ3n) is 1.58. The zero-order valence-corrected chi connectivity index (χ0v) is 9.63. The van der Waals surface area contributed by atoms with Crippen molar-refractivity contribution >= 4 is 11.8 Å². The van der Waals surface area contributed by atoms with Gasteiger partial charge in [0.2, 0.25) is 0 Å². The molecule has 0 unspecified atom stereocenters. The van der Waals surface area contributed by atoms with Gasteiger partial charge in [0, 0.05) is 13.6 Å². The minimum atomic E-state index is -0.733. The Kier molecular flexibility index (Phi) is 4.79. The van der Waals surface area contributed by atoms with Crippen LogP contribution in [-0.4, -0.2) is 36.9 Å². The van der Waals surface area contributed by atoms with Gasteiger partial charge in [0.15, 0.2) is 0 Å². The van der Waals surface area contributed by atoms with Crippen LogP contribution in [0.3, 0.4) is 0 Å². The average molecular weight is 211 g/mol. The molecule has 0 saturated carbocycles. The molecule has 0 aliphatic rings. The van der Waals surface area contributed by atoms with E-state index in [-0.39, 0.29) is 12.0 Å². The number of carbonyl (C=O) groups excluding carboxylic acids is 2. The minimum absolute atomic E-state index is 0.0556. The highest BCUT2D eigenvalue weighted by Gasteiger charge is 2.22. The monoisotopic (exact) mass is 211 g/mol. The standard InChI is InChI=1S/C10H17N3O2/c1-10(2,3)7-13(4)9(15)8(14)12-6-5-11/h6-7H2,1-4H3,(H,12,14). The molecule has 0 heterocycles. The lowest BCUT2D eigenvalue weighted by molar-refractivity contribution is -0.145. The Balaban J connectivity index is 4.21. The van der Waals surface area contributed by atoms with Crippen LogP contribution in [0.5, 0.6) is 0 Å². The molecular formula is C10H17N3O2. The van der Waals surface area contributed by atoms with Gasteiger partial charge in [-0.1, -0.05) is 20.8 Å². The Morgan fingerprint density at radius 1 is 1.40 bits per heavy atom. The highest BCUT2D eigenvalue weighted by molar-refractivity contribution is 6.34. The molecule has 0 saturated heterocycles. The topological polar surface area (TPSA) is 73.2 Å². The molecule has 5 nitrogen and oxygen atoms in total. The number of hydrogen-bond donors (Lipinski definition) is 1. The van der Waals surface area contributed by atoms with Gasteiger partial charge in [0.25, 0.3) is 0 Å². The number of rotatable bonds is 2. The van der Waals surface area contributed by atoms with Gasteiger partial charge in [0.1, 0.15) is 6.54 Å². The van der Waals surface area contributed by atoms with Gasteiger partial charge in [-0.15, -0.1) is 0 Å². The van der Waals surface area contributed by atoms with E-state index in [0.29, 0.717) is 6.54 Å². The summed E-state index contributed by atoms with van der Waals surface area (Å²) in [6.45, 7) is 6.28. The number of nitrogens with zero attached hydrogens (tertiary/aromatic N) is 2. The Morgan fingerprint density at radius 3 is 2.33 bits per heavy atom. The maximum atomic E-state index is 11.4. The SMILES string of the molecule is CN(CC(C)(C)C)C(=O)C(=O)NCC#N. The summed E-state index contributed by atoms with van der Waals surface area (Å²) in [5.41, 5.74) is -0.0556. The van der Waals surface area contributed by atoms with E-state index in [1.165, 1.54) is 4.90 Å². The van der Waals surface area contributed by atoms with E-state index in [4.69, 9.17) is 5.26 Å². The van der Waals surface area contributed by atoms with Crippen LogP contribution in [0.4, 0.5) is 0 Å². The van der Waals surface area contributed by atoms with Crippen molar-refractivity contribution in [3.05, 3.63) is 0 Å². The molecule has 0 aromatic heterocycles. The Bertz CT molecular complexity index is 286. The number of carbonyl (C=O) groups is 2. The van der Waals surface area contributed by atoms with Crippen LogP contribution in [0.2, 0.25) is 0 Å². The number of amides is 2. The van der Waals surface area contributed by atoms with Gasteiger partial charge in [-0.3, -0.25) is 9.59 Å². The number of nitrogens with one attached hydrogen (secondary N) is 1. The smallest absolute Gasteiger partial charge is 0.311 e. The molecule has 15 heavy (non-hydrogen) atoms. The zero-order valence-electron chi connectivity index (χ0n) is 9.63. The van der Waals surface area contributed by atoms with E-state index < -0.39 is 11.8 Å². The van der Waals surface area contributed by atoms with Crippen LogP contribution in [0, 0.1) is 16.7 Å². The number of hydrogen-bond acceptors (Lipinski definition) is 3. The molecule has 0 fully saturated rings. The lowest BCUT2D eigenvalue weighted by Gasteiger charge is -2.25. The van der Waals surface area contributed by atoms with Crippen molar-refractivity contribution in [3.63, 3.8) is 0 Å². The van der Waals surface area contributed by atoms with Crippen LogP contribution >= 0.6 is 0 Å².